The highest BCUT2D eigenvalue weighted by Crippen LogP contribution is 2.18. The lowest BCUT2D eigenvalue weighted by Gasteiger charge is -2.33. The molecule has 1 aliphatic heterocycles. The number of nitrogens with zero attached hydrogens (tertiary/aromatic N) is 1. The third kappa shape index (κ3) is 3.56. The number of piperidine rings is 1. The van der Waals surface area contributed by atoms with Gasteiger partial charge in [-0.05, 0) is 39.2 Å². The molecule has 2 heterocycles. The summed E-state index contributed by atoms with van der Waals surface area (Å²) in [5, 5.41) is 2.84. The zero-order chi connectivity index (χ0) is 15.4. The van der Waals surface area contributed by atoms with Crippen LogP contribution in [0.15, 0.2) is 10.5 Å². The van der Waals surface area contributed by atoms with Crippen LogP contribution in [-0.4, -0.2) is 36.6 Å². The number of carbonyl (C=O) groups excluding carboxylic acids is 2. The lowest BCUT2D eigenvalue weighted by atomic mass is 10.0. The Balaban J connectivity index is 1.93. The number of likely N-dealkylation sites (tertiary alicyclic amines) is 1. The number of esters is 1. The molecule has 116 valence electrons. The highest BCUT2D eigenvalue weighted by molar-refractivity contribution is 5.90. The summed E-state index contributed by atoms with van der Waals surface area (Å²) in [6.07, 6.45) is 3.26. The van der Waals surface area contributed by atoms with Crippen LogP contribution >= 0.6 is 0 Å². The molecule has 1 fully saturated rings. The van der Waals surface area contributed by atoms with Crippen molar-refractivity contribution in [1.29, 1.82) is 0 Å². The molecule has 6 nitrogen and oxygen atoms in total. The highest BCUT2D eigenvalue weighted by atomic mass is 16.5. The van der Waals surface area contributed by atoms with Crippen molar-refractivity contribution in [2.75, 3.05) is 13.7 Å². The van der Waals surface area contributed by atoms with Crippen molar-refractivity contribution in [1.82, 2.24) is 10.2 Å². The van der Waals surface area contributed by atoms with Crippen LogP contribution < -0.4 is 5.32 Å². The molecule has 0 radical (unpaired) electrons. The zero-order valence-electron chi connectivity index (χ0n) is 12.8. The Morgan fingerprint density at radius 2 is 2.24 bits per heavy atom. The first-order chi connectivity index (χ1) is 10.0. The van der Waals surface area contributed by atoms with Crippen molar-refractivity contribution in [3.8, 4) is 0 Å². The van der Waals surface area contributed by atoms with E-state index in [1.165, 1.54) is 13.5 Å². The molecule has 1 atom stereocenters. The lowest BCUT2D eigenvalue weighted by Crippen LogP contribution is -2.47. The molecule has 0 spiro atoms. The molecule has 21 heavy (non-hydrogen) atoms. The van der Waals surface area contributed by atoms with Crippen molar-refractivity contribution in [3.63, 3.8) is 0 Å². The van der Waals surface area contributed by atoms with Crippen LogP contribution in [0.2, 0.25) is 0 Å². The van der Waals surface area contributed by atoms with Crippen LogP contribution in [-0.2, 0) is 11.3 Å². The summed E-state index contributed by atoms with van der Waals surface area (Å²) in [5.74, 6) is 0.613. The van der Waals surface area contributed by atoms with E-state index in [0.29, 0.717) is 17.1 Å². The fourth-order valence-electron chi connectivity index (χ4n) is 2.61. The van der Waals surface area contributed by atoms with E-state index in [2.05, 4.69) is 17.0 Å². The average molecular weight is 294 g/mol. The van der Waals surface area contributed by atoms with Crippen molar-refractivity contribution in [2.45, 2.75) is 45.7 Å². The minimum absolute atomic E-state index is 0.0872. The third-order valence-electron chi connectivity index (χ3n) is 3.85. The predicted molar refractivity (Wildman–Crippen MR) is 77.0 cm³/mol. The second kappa shape index (κ2) is 6.65. The molecule has 2 rings (SSSR count). The van der Waals surface area contributed by atoms with Crippen molar-refractivity contribution >= 4 is 12.0 Å². The van der Waals surface area contributed by atoms with E-state index in [0.717, 1.165) is 19.4 Å². The van der Waals surface area contributed by atoms with Crippen molar-refractivity contribution < 1.29 is 18.7 Å². The number of ether oxygens (including phenoxy) is 1. The number of carbonyl (C=O) groups is 2. The maximum absolute atomic E-state index is 12.1. The van der Waals surface area contributed by atoms with Gasteiger partial charge in [0.15, 0.2) is 0 Å². The van der Waals surface area contributed by atoms with Crippen LogP contribution in [0.5, 0.6) is 0 Å². The molecular formula is C15H22N2O4. The van der Waals surface area contributed by atoms with E-state index in [4.69, 9.17) is 4.42 Å². The number of methoxy groups -OCH3 is 1. The summed E-state index contributed by atoms with van der Waals surface area (Å²) in [7, 11) is 1.33. The van der Waals surface area contributed by atoms with Crippen LogP contribution in [0, 0.1) is 6.92 Å². The summed E-state index contributed by atoms with van der Waals surface area (Å²) in [4.78, 5) is 25.5. The van der Waals surface area contributed by atoms with Crippen LogP contribution in [0.1, 0.15) is 48.1 Å². The molecule has 0 bridgehead atoms. The smallest absolute Gasteiger partial charge is 0.341 e. The number of rotatable bonds is 3. The molecule has 0 aromatic carbocycles. The SMILES string of the molecule is COC(=O)c1cc(CNC(=O)N2CCCCC2C)oc1C. The molecule has 1 N–H and O–H groups in total. The van der Waals surface area contributed by atoms with Crippen LogP contribution in [0.25, 0.3) is 0 Å². The Bertz CT molecular complexity index is 524. The fourth-order valence-corrected chi connectivity index (χ4v) is 2.61. The van der Waals surface area contributed by atoms with Gasteiger partial charge in [0.1, 0.15) is 17.1 Å². The van der Waals surface area contributed by atoms with Gasteiger partial charge in [-0.1, -0.05) is 0 Å². The van der Waals surface area contributed by atoms with E-state index in [-0.39, 0.29) is 18.6 Å². The average Bonchev–Trinajstić information content (AvgIpc) is 2.85. The summed E-state index contributed by atoms with van der Waals surface area (Å²) in [6.45, 7) is 4.81. The van der Waals surface area contributed by atoms with Gasteiger partial charge in [-0.15, -0.1) is 0 Å². The first kappa shape index (κ1) is 15.4. The molecule has 1 aromatic heterocycles. The Morgan fingerprint density at radius 3 is 2.90 bits per heavy atom. The number of urea groups is 1. The van der Waals surface area contributed by atoms with Gasteiger partial charge in [0, 0.05) is 12.6 Å². The van der Waals surface area contributed by atoms with Gasteiger partial charge in [0.25, 0.3) is 0 Å². The van der Waals surface area contributed by atoms with E-state index in [1.54, 1.807) is 13.0 Å². The van der Waals surface area contributed by atoms with Gasteiger partial charge < -0.3 is 19.4 Å². The first-order valence-electron chi connectivity index (χ1n) is 7.25. The quantitative estimate of drug-likeness (QED) is 0.869. The molecule has 1 unspecified atom stereocenters. The first-order valence-corrected chi connectivity index (χ1v) is 7.25. The normalized spacial score (nSPS) is 18.4. The number of nitrogens with one attached hydrogen (secondary N) is 1. The van der Waals surface area contributed by atoms with E-state index < -0.39 is 5.97 Å². The Kier molecular flexibility index (Phi) is 4.88. The predicted octanol–water partition coefficient (Wildman–Crippen LogP) is 2.46. The Hall–Kier alpha value is -1.98. The molecule has 1 aromatic rings. The van der Waals surface area contributed by atoms with Gasteiger partial charge in [0.2, 0.25) is 0 Å². The van der Waals surface area contributed by atoms with Crippen molar-refractivity contribution in [2.24, 2.45) is 0 Å². The standard InChI is InChI=1S/C15H22N2O4/c1-10-6-4-5-7-17(10)15(19)16-9-12-8-13(11(2)21-12)14(18)20-3/h8,10H,4-7,9H2,1-3H3,(H,16,19). The molecule has 6 heteroatoms. The topological polar surface area (TPSA) is 71.8 Å². The molecule has 1 saturated heterocycles. The van der Waals surface area contributed by atoms with Gasteiger partial charge >= 0.3 is 12.0 Å². The number of aryl methyl sites for hydroxylation is 1. The number of amides is 2. The van der Waals surface area contributed by atoms with Gasteiger partial charge in [-0.2, -0.15) is 0 Å². The van der Waals surface area contributed by atoms with Gasteiger partial charge in [0.05, 0.1) is 13.7 Å². The summed E-state index contributed by atoms with van der Waals surface area (Å²) < 4.78 is 10.1. The largest absolute Gasteiger partial charge is 0.465 e. The molecule has 0 aliphatic carbocycles. The molecule has 2 amide bonds. The number of furan rings is 1. The minimum atomic E-state index is -0.432. The minimum Gasteiger partial charge on any atom is -0.465 e. The second-order valence-electron chi connectivity index (χ2n) is 5.37. The van der Waals surface area contributed by atoms with Gasteiger partial charge in [-0.25, -0.2) is 9.59 Å². The van der Waals surface area contributed by atoms with E-state index >= 15 is 0 Å². The second-order valence-corrected chi connectivity index (χ2v) is 5.37. The lowest BCUT2D eigenvalue weighted by molar-refractivity contribution is 0.0598. The highest BCUT2D eigenvalue weighted by Gasteiger charge is 2.23. The number of hydrogen-bond donors (Lipinski definition) is 1. The third-order valence-corrected chi connectivity index (χ3v) is 3.85. The molecule has 1 aliphatic rings. The Labute approximate surface area is 124 Å². The zero-order valence-corrected chi connectivity index (χ0v) is 12.8. The Morgan fingerprint density at radius 1 is 1.48 bits per heavy atom. The molecule has 0 saturated carbocycles. The fraction of sp³-hybridized carbons (Fsp3) is 0.600. The summed E-state index contributed by atoms with van der Waals surface area (Å²) in [5.41, 5.74) is 0.396. The van der Waals surface area contributed by atoms with E-state index in [9.17, 15) is 9.59 Å². The maximum atomic E-state index is 12.1. The van der Waals surface area contributed by atoms with Crippen molar-refractivity contribution in [3.05, 3.63) is 23.2 Å². The molecular weight excluding hydrogens is 272 g/mol. The summed E-state index contributed by atoms with van der Waals surface area (Å²) in [6, 6.07) is 1.79. The maximum Gasteiger partial charge on any atom is 0.341 e. The summed E-state index contributed by atoms with van der Waals surface area (Å²) >= 11 is 0. The van der Waals surface area contributed by atoms with Crippen LogP contribution in [0.3, 0.4) is 0 Å². The number of hydrogen-bond acceptors (Lipinski definition) is 4. The van der Waals surface area contributed by atoms with Crippen LogP contribution in [0.4, 0.5) is 4.79 Å². The monoisotopic (exact) mass is 294 g/mol. The van der Waals surface area contributed by atoms with Gasteiger partial charge in [-0.3, -0.25) is 0 Å². The van der Waals surface area contributed by atoms with E-state index in [1.807, 2.05) is 4.90 Å².